The van der Waals surface area contributed by atoms with Gasteiger partial charge in [-0.15, -0.1) is 0 Å². The van der Waals surface area contributed by atoms with Crippen LogP contribution in [0.1, 0.15) is 5.56 Å². The van der Waals surface area contributed by atoms with Gasteiger partial charge in [0.05, 0.1) is 11.1 Å². The lowest BCUT2D eigenvalue weighted by Gasteiger charge is -2.11. The second-order valence-corrected chi connectivity index (χ2v) is 5.21. The second-order valence-electron chi connectivity index (χ2n) is 4.77. The molecule has 0 aliphatic rings. The van der Waals surface area contributed by atoms with Crippen LogP contribution in [0.5, 0.6) is 0 Å². The van der Waals surface area contributed by atoms with Crippen LogP contribution in [0.15, 0.2) is 47.6 Å². The van der Waals surface area contributed by atoms with Crippen molar-refractivity contribution < 1.29 is 4.92 Å². The molecule has 0 saturated heterocycles. The molecule has 0 bridgehead atoms. The van der Waals surface area contributed by atoms with E-state index in [0.29, 0.717) is 5.02 Å². The van der Waals surface area contributed by atoms with Crippen LogP contribution in [-0.4, -0.2) is 25.2 Å². The zero-order valence-electron chi connectivity index (χ0n) is 12.2. The number of hydrogen-bond donors (Lipinski definition) is 1. The summed E-state index contributed by atoms with van der Waals surface area (Å²) in [5, 5.41) is 15.4. The molecule has 0 saturated carbocycles. The number of rotatable bonds is 5. The molecule has 0 radical (unpaired) electrons. The summed E-state index contributed by atoms with van der Waals surface area (Å²) in [6, 6.07) is 12.0. The van der Waals surface area contributed by atoms with Crippen molar-refractivity contribution in [2.24, 2.45) is 5.10 Å². The van der Waals surface area contributed by atoms with Crippen LogP contribution in [0.25, 0.3) is 0 Å². The summed E-state index contributed by atoms with van der Waals surface area (Å²) in [6.45, 7) is 0. The van der Waals surface area contributed by atoms with Crippen molar-refractivity contribution in [3.8, 4) is 0 Å². The van der Waals surface area contributed by atoms with Crippen LogP contribution < -0.4 is 10.3 Å². The Balaban J connectivity index is 2.12. The Kier molecular flexibility index (Phi) is 4.95. The number of hydrogen-bond acceptors (Lipinski definition) is 5. The summed E-state index contributed by atoms with van der Waals surface area (Å²) in [5.41, 5.74) is 4.78. The summed E-state index contributed by atoms with van der Waals surface area (Å²) >= 11 is 5.85. The topological polar surface area (TPSA) is 70.8 Å². The van der Waals surface area contributed by atoms with Gasteiger partial charge in [0.15, 0.2) is 0 Å². The monoisotopic (exact) mass is 318 g/mol. The lowest BCUT2D eigenvalue weighted by Crippen LogP contribution is -2.08. The van der Waals surface area contributed by atoms with Gasteiger partial charge < -0.3 is 4.90 Å². The molecule has 2 aromatic rings. The molecule has 0 aromatic heterocycles. The van der Waals surface area contributed by atoms with E-state index in [1.165, 1.54) is 18.2 Å². The molecular formula is C15H15ClN4O2. The SMILES string of the molecule is CN(C)c1ccc(C=NNc2cc(Cl)ccc2[N+](=O)[O-])cc1. The Labute approximate surface area is 133 Å². The molecule has 0 spiro atoms. The van der Waals surface area contributed by atoms with Crippen LogP contribution in [0.4, 0.5) is 17.1 Å². The number of nitrogens with zero attached hydrogens (tertiary/aromatic N) is 3. The van der Waals surface area contributed by atoms with Gasteiger partial charge in [-0.1, -0.05) is 23.7 Å². The molecule has 0 fully saturated rings. The Morgan fingerprint density at radius 3 is 2.50 bits per heavy atom. The third-order valence-corrected chi connectivity index (χ3v) is 3.20. The zero-order valence-corrected chi connectivity index (χ0v) is 12.9. The van der Waals surface area contributed by atoms with Gasteiger partial charge in [-0.05, 0) is 29.8 Å². The number of nitro benzene ring substituents is 1. The highest BCUT2D eigenvalue weighted by Crippen LogP contribution is 2.27. The fourth-order valence-electron chi connectivity index (χ4n) is 1.79. The predicted octanol–water partition coefficient (Wildman–Crippen LogP) is 3.76. The first-order chi connectivity index (χ1) is 10.5. The van der Waals surface area contributed by atoms with Gasteiger partial charge in [0.1, 0.15) is 5.69 Å². The summed E-state index contributed by atoms with van der Waals surface area (Å²) in [5.74, 6) is 0. The Hall–Kier alpha value is -2.60. The molecule has 0 aliphatic carbocycles. The predicted molar refractivity (Wildman–Crippen MR) is 90.1 cm³/mol. The minimum Gasteiger partial charge on any atom is -0.378 e. The Morgan fingerprint density at radius 2 is 1.91 bits per heavy atom. The number of hydrazone groups is 1. The molecule has 0 heterocycles. The first-order valence-corrected chi connectivity index (χ1v) is 6.85. The average molecular weight is 319 g/mol. The normalized spacial score (nSPS) is 10.7. The highest BCUT2D eigenvalue weighted by atomic mass is 35.5. The van der Waals surface area contributed by atoms with Gasteiger partial charge in [0.25, 0.3) is 5.69 Å². The van der Waals surface area contributed by atoms with Crippen molar-refractivity contribution in [1.82, 2.24) is 0 Å². The van der Waals surface area contributed by atoms with Crippen molar-refractivity contribution in [2.45, 2.75) is 0 Å². The highest BCUT2D eigenvalue weighted by molar-refractivity contribution is 6.31. The maximum atomic E-state index is 10.9. The smallest absolute Gasteiger partial charge is 0.294 e. The van der Waals surface area contributed by atoms with Crippen LogP contribution >= 0.6 is 11.6 Å². The highest BCUT2D eigenvalue weighted by Gasteiger charge is 2.13. The van der Waals surface area contributed by atoms with Crippen LogP contribution in [0.2, 0.25) is 5.02 Å². The maximum absolute atomic E-state index is 10.9. The van der Waals surface area contributed by atoms with Gasteiger partial charge in [0, 0.05) is 30.9 Å². The van der Waals surface area contributed by atoms with E-state index in [2.05, 4.69) is 10.5 Å². The number of nitrogens with one attached hydrogen (secondary N) is 1. The second kappa shape index (κ2) is 6.91. The molecule has 1 N–H and O–H groups in total. The fraction of sp³-hybridized carbons (Fsp3) is 0.133. The Bertz CT molecular complexity index is 699. The van der Waals surface area contributed by atoms with Crippen molar-refractivity contribution >= 4 is 34.9 Å². The summed E-state index contributed by atoms with van der Waals surface area (Å²) in [6.07, 6.45) is 1.59. The van der Waals surface area contributed by atoms with Crippen LogP contribution in [0, 0.1) is 10.1 Å². The van der Waals surface area contributed by atoms with Crippen molar-refractivity contribution in [3.63, 3.8) is 0 Å². The molecule has 6 nitrogen and oxygen atoms in total. The van der Waals surface area contributed by atoms with Crippen LogP contribution in [-0.2, 0) is 0 Å². The fourth-order valence-corrected chi connectivity index (χ4v) is 1.96. The minimum atomic E-state index is -0.486. The number of nitro groups is 1. The first-order valence-electron chi connectivity index (χ1n) is 6.48. The average Bonchev–Trinajstić information content (AvgIpc) is 2.47. The molecule has 114 valence electrons. The summed E-state index contributed by atoms with van der Waals surface area (Å²) in [4.78, 5) is 12.4. The lowest BCUT2D eigenvalue weighted by atomic mass is 10.2. The molecular weight excluding hydrogens is 304 g/mol. The maximum Gasteiger partial charge on any atom is 0.294 e. The summed E-state index contributed by atoms with van der Waals surface area (Å²) in [7, 11) is 3.92. The van der Waals surface area contributed by atoms with Gasteiger partial charge in [0.2, 0.25) is 0 Å². The van der Waals surface area contributed by atoms with E-state index < -0.39 is 4.92 Å². The number of halogens is 1. The van der Waals surface area contributed by atoms with Crippen molar-refractivity contribution in [3.05, 3.63) is 63.2 Å². The lowest BCUT2D eigenvalue weighted by molar-refractivity contribution is -0.384. The van der Waals surface area contributed by atoms with E-state index in [0.717, 1.165) is 11.3 Å². The van der Waals surface area contributed by atoms with E-state index in [1.807, 2.05) is 43.3 Å². The van der Waals surface area contributed by atoms with E-state index in [1.54, 1.807) is 6.21 Å². The molecule has 7 heteroatoms. The number of anilines is 2. The van der Waals surface area contributed by atoms with Gasteiger partial charge in [-0.3, -0.25) is 15.5 Å². The van der Waals surface area contributed by atoms with E-state index in [9.17, 15) is 10.1 Å². The molecule has 0 aliphatic heterocycles. The van der Waals surface area contributed by atoms with Crippen LogP contribution in [0.3, 0.4) is 0 Å². The minimum absolute atomic E-state index is 0.0792. The van der Waals surface area contributed by atoms with Gasteiger partial charge in [-0.2, -0.15) is 5.10 Å². The molecule has 2 rings (SSSR count). The van der Waals surface area contributed by atoms with E-state index >= 15 is 0 Å². The largest absolute Gasteiger partial charge is 0.378 e. The van der Waals surface area contributed by atoms with E-state index in [-0.39, 0.29) is 11.4 Å². The molecule has 22 heavy (non-hydrogen) atoms. The molecule has 0 unspecified atom stereocenters. The molecule has 2 aromatic carbocycles. The van der Waals surface area contributed by atoms with E-state index in [4.69, 9.17) is 11.6 Å². The number of benzene rings is 2. The third kappa shape index (κ3) is 3.95. The zero-order chi connectivity index (χ0) is 16.1. The van der Waals surface area contributed by atoms with Gasteiger partial charge >= 0.3 is 0 Å². The Morgan fingerprint density at radius 1 is 1.23 bits per heavy atom. The van der Waals surface area contributed by atoms with Crippen molar-refractivity contribution in [1.29, 1.82) is 0 Å². The molecule has 0 amide bonds. The van der Waals surface area contributed by atoms with Crippen molar-refractivity contribution in [2.75, 3.05) is 24.4 Å². The first kappa shape index (κ1) is 15.8. The van der Waals surface area contributed by atoms with Gasteiger partial charge in [-0.25, -0.2) is 0 Å². The molecule has 0 atom stereocenters. The quantitative estimate of drug-likeness (QED) is 0.517. The third-order valence-electron chi connectivity index (χ3n) is 2.96. The summed E-state index contributed by atoms with van der Waals surface area (Å²) < 4.78 is 0. The standard InChI is InChI=1S/C15H15ClN4O2/c1-19(2)13-6-3-11(4-7-13)10-17-18-14-9-12(16)5-8-15(14)20(21)22/h3-10,18H,1-2H3.